The Bertz CT molecular complexity index is 516. The smallest absolute Gasteiger partial charge is 0.116 e. The van der Waals surface area contributed by atoms with E-state index in [9.17, 15) is 5.11 Å². The van der Waals surface area contributed by atoms with E-state index in [4.69, 9.17) is 0 Å². The van der Waals surface area contributed by atoms with Gasteiger partial charge in [0.2, 0.25) is 0 Å². The highest BCUT2D eigenvalue weighted by molar-refractivity contribution is 5.67. The summed E-state index contributed by atoms with van der Waals surface area (Å²) in [5.41, 5.74) is 3.52. The summed E-state index contributed by atoms with van der Waals surface area (Å²) in [4.78, 5) is 0. The van der Waals surface area contributed by atoms with Gasteiger partial charge in [0.1, 0.15) is 5.75 Å². The van der Waals surface area contributed by atoms with E-state index in [2.05, 4.69) is 9.78 Å². The van der Waals surface area contributed by atoms with Crippen LogP contribution in [0.3, 0.4) is 0 Å². The quantitative estimate of drug-likeness (QED) is 0.792. The predicted molar refractivity (Wildman–Crippen MR) is 62.3 cm³/mol. The minimum Gasteiger partial charge on any atom is -0.508 e. The van der Waals surface area contributed by atoms with Crippen LogP contribution in [0.1, 0.15) is 18.5 Å². The first kappa shape index (κ1) is 9.46. The van der Waals surface area contributed by atoms with Gasteiger partial charge >= 0.3 is 0 Å². The van der Waals surface area contributed by atoms with Gasteiger partial charge in [0.15, 0.2) is 0 Å². The van der Waals surface area contributed by atoms with Crippen LogP contribution in [0.25, 0.3) is 11.1 Å². The Morgan fingerprint density at radius 3 is 3.06 bits per heavy atom. The van der Waals surface area contributed by atoms with E-state index in [0.717, 1.165) is 24.1 Å². The van der Waals surface area contributed by atoms with Crippen LogP contribution in [0.4, 0.5) is 0 Å². The third-order valence-electron chi connectivity index (χ3n) is 3.14. The van der Waals surface area contributed by atoms with Gasteiger partial charge in [0.05, 0.1) is 6.20 Å². The van der Waals surface area contributed by atoms with Crippen LogP contribution in [-0.4, -0.2) is 14.9 Å². The van der Waals surface area contributed by atoms with Gasteiger partial charge < -0.3 is 5.11 Å². The van der Waals surface area contributed by atoms with Gasteiger partial charge in [-0.05, 0) is 37.0 Å². The molecule has 0 spiro atoms. The summed E-state index contributed by atoms with van der Waals surface area (Å²) < 4.78 is 2.09. The van der Waals surface area contributed by atoms with Gasteiger partial charge in [-0.3, -0.25) is 4.68 Å². The Morgan fingerprint density at radius 1 is 1.25 bits per heavy atom. The zero-order chi connectivity index (χ0) is 11.0. The molecule has 3 heteroatoms. The zero-order valence-corrected chi connectivity index (χ0v) is 9.06. The van der Waals surface area contributed by atoms with Gasteiger partial charge in [-0.15, -0.1) is 0 Å². The predicted octanol–water partition coefficient (Wildman–Crippen LogP) is 2.59. The van der Waals surface area contributed by atoms with Crippen molar-refractivity contribution in [3.63, 3.8) is 0 Å². The molecular weight excluding hydrogens is 200 g/mol. The van der Waals surface area contributed by atoms with Crippen molar-refractivity contribution in [2.24, 2.45) is 0 Å². The molecule has 0 amide bonds. The number of hydrogen-bond acceptors (Lipinski definition) is 2. The van der Waals surface area contributed by atoms with E-state index < -0.39 is 0 Å². The van der Waals surface area contributed by atoms with Crippen molar-refractivity contribution in [3.8, 4) is 16.9 Å². The average Bonchev–Trinajstić information content (AvgIpc) is 2.72. The van der Waals surface area contributed by atoms with E-state index in [1.54, 1.807) is 12.1 Å². The van der Waals surface area contributed by atoms with Crippen LogP contribution in [0, 0.1) is 0 Å². The monoisotopic (exact) mass is 214 g/mol. The molecule has 0 unspecified atom stereocenters. The van der Waals surface area contributed by atoms with Crippen molar-refractivity contribution in [3.05, 3.63) is 36.2 Å². The molecule has 3 rings (SSSR count). The van der Waals surface area contributed by atoms with Crippen molar-refractivity contribution in [2.45, 2.75) is 25.8 Å². The van der Waals surface area contributed by atoms with E-state index in [1.807, 2.05) is 18.3 Å². The highest BCUT2D eigenvalue weighted by Gasteiger charge is 2.15. The Balaban J connectivity index is 2.09. The lowest BCUT2D eigenvalue weighted by Crippen LogP contribution is -2.11. The van der Waals surface area contributed by atoms with Crippen LogP contribution >= 0.6 is 0 Å². The topological polar surface area (TPSA) is 38.1 Å². The molecule has 0 atom stereocenters. The molecule has 16 heavy (non-hydrogen) atoms. The maximum Gasteiger partial charge on any atom is 0.116 e. The number of hydrogen-bond donors (Lipinski definition) is 1. The highest BCUT2D eigenvalue weighted by Crippen LogP contribution is 2.29. The summed E-state index contributed by atoms with van der Waals surface area (Å²) in [7, 11) is 0. The molecule has 2 heterocycles. The van der Waals surface area contributed by atoms with Gasteiger partial charge in [-0.25, -0.2) is 0 Å². The Kier molecular flexibility index (Phi) is 2.17. The number of aromatic hydroxyl groups is 1. The molecule has 0 saturated heterocycles. The largest absolute Gasteiger partial charge is 0.508 e. The van der Waals surface area contributed by atoms with Crippen molar-refractivity contribution in [1.82, 2.24) is 9.78 Å². The fraction of sp³-hybridized carbons (Fsp3) is 0.308. The third-order valence-corrected chi connectivity index (χ3v) is 3.14. The highest BCUT2D eigenvalue weighted by atomic mass is 16.3. The summed E-state index contributed by atoms with van der Waals surface area (Å²) in [6, 6.07) is 7.38. The molecule has 82 valence electrons. The minimum atomic E-state index is 0.313. The molecule has 0 radical (unpaired) electrons. The molecule has 1 aromatic heterocycles. The molecular formula is C13H14N2O. The van der Waals surface area contributed by atoms with E-state index in [1.165, 1.54) is 18.5 Å². The molecule has 0 saturated carbocycles. The number of benzene rings is 1. The molecule has 0 fully saturated rings. The average molecular weight is 214 g/mol. The van der Waals surface area contributed by atoms with Crippen LogP contribution in [0.2, 0.25) is 0 Å². The number of nitrogens with zero attached hydrogens (tertiary/aromatic N) is 2. The molecule has 1 N–H and O–H groups in total. The van der Waals surface area contributed by atoms with Gasteiger partial charge in [-0.2, -0.15) is 5.10 Å². The zero-order valence-electron chi connectivity index (χ0n) is 9.06. The lowest BCUT2D eigenvalue weighted by molar-refractivity contribution is 0.475. The number of phenolic OH excluding ortho intramolecular Hbond substituents is 1. The SMILES string of the molecule is Oc1cccc(-c2cnn3c2CCCC3)c1. The van der Waals surface area contributed by atoms with Crippen molar-refractivity contribution in [1.29, 1.82) is 0 Å². The maximum atomic E-state index is 9.49. The number of phenols is 1. The number of fused-ring (bicyclic) bond motifs is 1. The second kappa shape index (κ2) is 3.67. The fourth-order valence-corrected chi connectivity index (χ4v) is 2.34. The molecule has 2 aromatic rings. The molecule has 1 aliphatic heterocycles. The van der Waals surface area contributed by atoms with E-state index >= 15 is 0 Å². The second-order valence-electron chi connectivity index (χ2n) is 4.24. The Labute approximate surface area is 94.3 Å². The number of aryl methyl sites for hydroxylation is 1. The Morgan fingerprint density at radius 2 is 2.19 bits per heavy atom. The van der Waals surface area contributed by atoms with Gasteiger partial charge in [-0.1, -0.05) is 12.1 Å². The van der Waals surface area contributed by atoms with E-state index in [0.29, 0.717) is 5.75 Å². The lowest BCUT2D eigenvalue weighted by Gasteiger charge is -2.14. The number of aromatic nitrogens is 2. The van der Waals surface area contributed by atoms with Crippen molar-refractivity contribution >= 4 is 0 Å². The second-order valence-corrected chi connectivity index (χ2v) is 4.24. The van der Waals surface area contributed by atoms with Crippen LogP contribution in [0.15, 0.2) is 30.5 Å². The van der Waals surface area contributed by atoms with Crippen molar-refractivity contribution < 1.29 is 5.11 Å². The first-order chi connectivity index (χ1) is 7.84. The summed E-state index contributed by atoms with van der Waals surface area (Å²) in [5, 5.41) is 13.9. The fourth-order valence-electron chi connectivity index (χ4n) is 2.34. The standard InChI is InChI=1S/C13H14N2O/c16-11-5-3-4-10(8-11)12-9-14-15-7-2-1-6-13(12)15/h3-5,8-9,16H,1-2,6-7H2. The first-order valence-electron chi connectivity index (χ1n) is 5.69. The molecule has 3 nitrogen and oxygen atoms in total. The van der Waals surface area contributed by atoms with Crippen molar-refractivity contribution in [2.75, 3.05) is 0 Å². The third kappa shape index (κ3) is 1.48. The lowest BCUT2D eigenvalue weighted by atomic mass is 10.0. The van der Waals surface area contributed by atoms with Gasteiger partial charge in [0.25, 0.3) is 0 Å². The van der Waals surface area contributed by atoms with Crippen LogP contribution in [0.5, 0.6) is 5.75 Å². The van der Waals surface area contributed by atoms with Gasteiger partial charge in [0, 0.05) is 17.8 Å². The Hall–Kier alpha value is -1.77. The summed E-state index contributed by atoms with van der Waals surface area (Å²) in [6.45, 7) is 1.02. The van der Waals surface area contributed by atoms with Crippen LogP contribution < -0.4 is 0 Å². The normalized spacial score (nSPS) is 14.8. The molecule has 0 bridgehead atoms. The number of rotatable bonds is 1. The maximum absolute atomic E-state index is 9.49. The van der Waals surface area contributed by atoms with Crippen LogP contribution in [-0.2, 0) is 13.0 Å². The van der Waals surface area contributed by atoms with E-state index in [-0.39, 0.29) is 0 Å². The summed E-state index contributed by atoms with van der Waals surface area (Å²) >= 11 is 0. The summed E-state index contributed by atoms with van der Waals surface area (Å²) in [5.74, 6) is 0.313. The summed E-state index contributed by atoms with van der Waals surface area (Å²) in [6.07, 6.45) is 5.45. The molecule has 1 aromatic carbocycles. The minimum absolute atomic E-state index is 0.313. The molecule has 0 aliphatic carbocycles. The molecule has 1 aliphatic rings. The first-order valence-corrected chi connectivity index (χ1v) is 5.69.